The number of rotatable bonds is 1. The maximum atomic E-state index is 12.2. The van der Waals surface area contributed by atoms with Crippen LogP contribution in [-0.4, -0.2) is 48.0 Å². The molecule has 1 aromatic carbocycles. The lowest BCUT2D eigenvalue weighted by atomic mass is 9.94. The monoisotopic (exact) mass is 290 g/mol. The molecule has 2 rings (SSSR count). The minimum absolute atomic E-state index is 0.124. The summed E-state index contributed by atoms with van der Waals surface area (Å²) >= 11 is 0. The van der Waals surface area contributed by atoms with Crippen molar-refractivity contribution in [3.8, 4) is 5.75 Å². The van der Waals surface area contributed by atoms with E-state index >= 15 is 0 Å². The Labute approximate surface area is 125 Å². The third-order valence-electron chi connectivity index (χ3n) is 3.42. The number of benzene rings is 1. The lowest BCUT2D eigenvalue weighted by Gasteiger charge is -2.37. The molecule has 0 radical (unpaired) electrons. The molecule has 1 aliphatic heterocycles. The van der Waals surface area contributed by atoms with Gasteiger partial charge in [-0.2, -0.15) is 0 Å². The van der Waals surface area contributed by atoms with Gasteiger partial charge in [0.1, 0.15) is 5.75 Å². The van der Waals surface area contributed by atoms with Crippen LogP contribution >= 0.6 is 0 Å². The van der Waals surface area contributed by atoms with Crippen LogP contribution in [0.3, 0.4) is 0 Å². The molecule has 0 spiro atoms. The van der Waals surface area contributed by atoms with Crippen molar-refractivity contribution in [1.29, 1.82) is 0 Å². The van der Waals surface area contributed by atoms with Gasteiger partial charge in [-0.3, -0.25) is 4.79 Å². The molecule has 2 amide bonds. The highest BCUT2D eigenvalue weighted by molar-refractivity contribution is 5.82. The van der Waals surface area contributed by atoms with Crippen LogP contribution in [0.4, 0.5) is 4.79 Å². The van der Waals surface area contributed by atoms with E-state index in [2.05, 4.69) is 0 Å². The first-order chi connectivity index (χ1) is 9.88. The molecule has 114 valence electrons. The highest BCUT2D eigenvalue weighted by Gasteiger charge is 2.31. The van der Waals surface area contributed by atoms with Crippen LogP contribution in [0.1, 0.15) is 20.8 Å². The number of piperazine rings is 1. The molecule has 1 aromatic rings. The van der Waals surface area contributed by atoms with Crippen LogP contribution in [0.5, 0.6) is 5.75 Å². The Morgan fingerprint density at radius 1 is 0.952 bits per heavy atom. The van der Waals surface area contributed by atoms with Gasteiger partial charge in [0.25, 0.3) is 0 Å². The van der Waals surface area contributed by atoms with Gasteiger partial charge in [-0.25, -0.2) is 4.79 Å². The largest absolute Gasteiger partial charge is 0.415 e. The molecular weight excluding hydrogens is 268 g/mol. The van der Waals surface area contributed by atoms with Crippen LogP contribution in [0.25, 0.3) is 0 Å². The van der Waals surface area contributed by atoms with Crippen LogP contribution < -0.4 is 4.74 Å². The SMILES string of the molecule is CC(C)(C)C(=O)N1CCN(C(=O)Oc2ccccc2)CC1. The maximum absolute atomic E-state index is 12.2. The average molecular weight is 290 g/mol. The Balaban J connectivity index is 1.86. The van der Waals surface area contributed by atoms with Crippen LogP contribution in [0.2, 0.25) is 0 Å². The molecule has 1 aliphatic rings. The van der Waals surface area contributed by atoms with E-state index in [1.165, 1.54) is 0 Å². The van der Waals surface area contributed by atoms with E-state index in [1.54, 1.807) is 17.0 Å². The smallest absolute Gasteiger partial charge is 0.410 e. The average Bonchev–Trinajstić information content (AvgIpc) is 2.46. The molecule has 0 unspecified atom stereocenters. The Bertz CT molecular complexity index is 500. The minimum Gasteiger partial charge on any atom is -0.410 e. The maximum Gasteiger partial charge on any atom is 0.415 e. The van der Waals surface area contributed by atoms with Gasteiger partial charge in [0.15, 0.2) is 0 Å². The molecular formula is C16H22N2O3. The van der Waals surface area contributed by atoms with E-state index in [0.717, 1.165) is 0 Å². The number of para-hydroxylation sites is 1. The number of carbonyl (C=O) groups is 2. The van der Waals surface area contributed by atoms with Crippen LogP contribution in [-0.2, 0) is 4.79 Å². The normalized spacial score (nSPS) is 15.8. The van der Waals surface area contributed by atoms with Crippen molar-refractivity contribution in [3.63, 3.8) is 0 Å². The summed E-state index contributed by atoms with van der Waals surface area (Å²) in [4.78, 5) is 27.7. The second kappa shape index (κ2) is 6.16. The van der Waals surface area contributed by atoms with Crippen LogP contribution in [0.15, 0.2) is 30.3 Å². The molecule has 5 nitrogen and oxygen atoms in total. The standard InChI is InChI=1S/C16H22N2O3/c1-16(2,3)14(19)17-9-11-18(12-10-17)15(20)21-13-7-5-4-6-8-13/h4-8H,9-12H2,1-3H3. The second-order valence-electron chi connectivity index (χ2n) is 6.21. The first-order valence-corrected chi connectivity index (χ1v) is 7.19. The lowest BCUT2D eigenvalue weighted by molar-refractivity contribution is -0.141. The molecule has 1 fully saturated rings. The summed E-state index contributed by atoms with van der Waals surface area (Å²) in [5.74, 6) is 0.661. The van der Waals surface area contributed by atoms with E-state index < -0.39 is 0 Å². The van der Waals surface area contributed by atoms with Gasteiger partial charge < -0.3 is 14.5 Å². The van der Waals surface area contributed by atoms with Crippen molar-refractivity contribution >= 4 is 12.0 Å². The molecule has 21 heavy (non-hydrogen) atoms. The topological polar surface area (TPSA) is 49.9 Å². The first-order valence-electron chi connectivity index (χ1n) is 7.19. The number of hydrogen-bond acceptors (Lipinski definition) is 3. The molecule has 0 N–H and O–H groups in total. The summed E-state index contributed by atoms with van der Waals surface area (Å²) in [5, 5.41) is 0. The summed E-state index contributed by atoms with van der Waals surface area (Å²) in [6.45, 7) is 7.85. The van der Waals surface area contributed by atoms with Gasteiger partial charge in [-0.05, 0) is 12.1 Å². The highest BCUT2D eigenvalue weighted by atomic mass is 16.6. The third-order valence-corrected chi connectivity index (χ3v) is 3.42. The van der Waals surface area contributed by atoms with Gasteiger partial charge in [0, 0.05) is 31.6 Å². The van der Waals surface area contributed by atoms with E-state index in [1.807, 2.05) is 43.9 Å². The zero-order chi connectivity index (χ0) is 15.5. The van der Waals surface area contributed by atoms with E-state index in [9.17, 15) is 9.59 Å². The third kappa shape index (κ3) is 3.97. The van der Waals surface area contributed by atoms with E-state index in [4.69, 9.17) is 4.74 Å². The molecule has 5 heteroatoms. The van der Waals surface area contributed by atoms with Crippen molar-refractivity contribution in [3.05, 3.63) is 30.3 Å². The predicted octanol–water partition coefficient (Wildman–Crippen LogP) is 2.38. The Kier molecular flexibility index (Phi) is 4.50. The summed E-state index contributed by atoms with van der Waals surface area (Å²) in [6.07, 6.45) is -0.357. The molecule has 1 saturated heterocycles. The van der Waals surface area contributed by atoms with Crippen molar-refractivity contribution in [2.45, 2.75) is 20.8 Å². The lowest BCUT2D eigenvalue weighted by Crippen LogP contribution is -2.53. The van der Waals surface area contributed by atoms with E-state index in [-0.39, 0.29) is 17.4 Å². The summed E-state index contributed by atoms with van der Waals surface area (Å²) < 4.78 is 5.30. The van der Waals surface area contributed by atoms with E-state index in [0.29, 0.717) is 31.9 Å². The fourth-order valence-corrected chi connectivity index (χ4v) is 2.22. The number of carbonyl (C=O) groups excluding carboxylic acids is 2. The van der Waals surface area contributed by atoms with Gasteiger partial charge in [0.2, 0.25) is 5.91 Å². The molecule has 1 heterocycles. The van der Waals surface area contributed by atoms with Crippen molar-refractivity contribution in [2.75, 3.05) is 26.2 Å². The molecule has 0 aromatic heterocycles. The Hall–Kier alpha value is -2.04. The predicted molar refractivity (Wildman–Crippen MR) is 80.1 cm³/mol. The van der Waals surface area contributed by atoms with Gasteiger partial charge >= 0.3 is 6.09 Å². The van der Waals surface area contributed by atoms with Crippen molar-refractivity contribution in [1.82, 2.24) is 9.80 Å². The minimum atomic E-state index is -0.382. The Morgan fingerprint density at radius 2 is 1.48 bits per heavy atom. The fourth-order valence-electron chi connectivity index (χ4n) is 2.22. The summed E-state index contributed by atoms with van der Waals surface area (Å²) in [5.41, 5.74) is -0.382. The molecule has 0 atom stereocenters. The molecule has 0 saturated carbocycles. The fraction of sp³-hybridized carbons (Fsp3) is 0.500. The Morgan fingerprint density at radius 3 is 2.00 bits per heavy atom. The van der Waals surface area contributed by atoms with Crippen LogP contribution in [0, 0.1) is 5.41 Å². The van der Waals surface area contributed by atoms with Crippen molar-refractivity contribution in [2.24, 2.45) is 5.41 Å². The number of ether oxygens (including phenoxy) is 1. The molecule has 0 aliphatic carbocycles. The van der Waals surface area contributed by atoms with Gasteiger partial charge in [-0.1, -0.05) is 39.0 Å². The van der Waals surface area contributed by atoms with Crippen molar-refractivity contribution < 1.29 is 14.3 Å². The second-order valence-corrected chi connectivity index (χ2v) is 6.21. The zero-order valence-electron chi connectivity index (χ0n) is 12.8. The first kappa shape index (κ1) is 15.4. The summed E-state index contributed by atoms with van der Waals surface area (Å²) in [7, 11) is 0. The summed E-state index contributed by atoms with van der Waals surface area (Å²) in [6, 6.07) is 9.01. The number of amides is 2. The zero-order valence-corrected chi connectivity index (χ0v) is 12.8. The van der Waals surface area contributed by atoms with Gasteiger partial charge in [-0.15, -0.1) is 0 Å². The van der Waals surface area contributed by atoms with Gasteiger partial charge in [0.05, 0.1) is 0 Å². The number of nitrogens with zero attached hydrogens (tertiary/aromatic N) is 2. The molecule has 0 bridgehead atoms. The number of hydrogen-bond donors (Lipinski definition) is 0. The highest BCUT2D eigenvalue weighted by Crippen LogP contribution is 2.19. The quantitative estimate of drug-likeness (QED) is 0.798.